The van der Waals surface area contributed by atoms with Gasteiger partial charge >= 0.3 is 0 Å². The predicted molar refractivity (Wildman–Crippen MR) is 115 cm³/mol. The molecule has 27 heavy (non-hydrogen) atoms. The fourth-order valence-electron chi connectivity index (χ4n) is 3.56. The van der Waals surface area contributed by atoms with Crippen LogP contribution in [0.5, 0.6) is 5.88 Å². The van der Waals surface area contributed by atoms with Crippen LogP contribution in [0.1, 0.15) is 45.2 Å². The number of pyridine rings is 1. The number of hydrogen-bond donors (Lipinski definition) is 0. The van der Waals surface area contributed by atoms with Crippen molar-refractivity contribution in [3.63, 3.8) is 0 Å². The number of ether oxygens (including phenoxy) is 1. The van der Waals surface area contributed by atoms with Gasteiger partial charge in [-0.2, -0.15) is 0 Å². The highest BCUT2D eigenvalue weighted by atomic mass is 35.5. The van der Waals surface area contributed by atoms with Gasteiger partial charge in [0.25, 0.3) is 0 Å². The van der Waals surface area contributed by atoms with Crippen molar-refractivity contribution in [3.8, 4) is 5.88 Å². The minimum atomic E-state index is -0.0270. The molecule has 1 aliphatic heterocycles. The number of anilines is 1. The number of benzene rings is 1. The highest BCUT2D eigenvalue weighted by Gasteiger charge is 2.31. The molecule has 0 spiro atoms. The van der Waals surface area contributed by atoms with E-state index in [9.17, 15) is 0 Å². The predicted octanol–water partition coefficient (Wildman–Crippen LogP) is 5.91. The summed E-state index contributed by atoms with van der Waals surface area (Å²) in [6.07, 6.45) is 6.88. The summed E-state index contributed by atoms with van der Waals surface area (Å²) >= 11 is 6.61. The first-order valence-electron chi connectivity index (χ1n) is 9.21. The summed E-state index contributed by atoms with van der Waals surface area (Å²) in [6, 6.07) is 7.85. The average molecular weight is 384 g/mol. The highest BCUT2D eigenvalue weighted by molar-refractivity contribution is 6.33. The smallest absolute Gasteiger partial charge is 0.213 e. The van der Waals surface area contributed by atoms with E-state index in [-0.39, 0.29) is 5.54 Å². The summed E-state index contributed by atoms with van der Waals surface area (Å²) in [4.78, 5) is 11.1. The molecule has 2 heterocycles. The quantitative estimate of drug-likeness (QED) is 0.602. The summed E-state index contributed by atoms with van der Waals surface area (Å²) in [5, 5.41) is 0.700. The molecule has 1 aromatic carbocycles. The zero-order valence-electron chi connectivity index (χ0n) is 16.6. The maximum atomic E-state index is 6.61. The molecule has 0 saturated carbocycles. The van der Waals surface area contributed by atoms with Crippen molar-refractivity contribution < 1.29 is 4.74 Å². The van der Waals surface area contributed by atoms with Crippen molar-refractivity contribution in [3.05, 3.63) is 52.7 Å². The lowest BCUT2D eigenvalue weighted by Crippen LogP contribution is -2.45. The van der Waals surface area contributed by atoms with Gasteiger partial charge in [0, 0.05) is 35.6 Å². The number of fused-ring (bicyclic) bond motifs is 1. The van der Waals surface area contributed by atoms with Gasteiger partial charge in [-0.3, -0.25) is 4.99 Å². The zero-order valence-corrected chi connectivity index (χ0v) is 17.3. The molecular formula is C22H26ClN3O. The van der Waals surface area contributed by atoms with Gasteiger partial charge in [-0.05, 0) is 51.0 Å². The van der Waals surface area contributed by atoms with Gasteiger partial charge in [-0.15, -0.1) is 0 Å². The standard InChI is InChI=1S/C22H26ClN3O/c1-6-9-26-20-11-19(23)16(10-18(20)15(2)12-22(26,3)4)13-24-17-7-8-21(27-5)25-14-17/h7-8,10-14H,6,9H2,1-5H3. The van der Waals surface area contributed by atoms with Crippen LogP contribution >= 0.6 is 11.6 Å². The third-order valence-corrected chi connectivity index (χ3v) is 5.15. The van der Waals surface area contributed by atoms with Gasteiger partial charge in [0.15, 0.2) is 0 Å². The Hall–Kier alpha value is -2.33. The van der Waals surface area contributed by atoms with Gasteiger partial charge < -0.3 is 9.64 Å². The Bertz CT molecular complexity index is 885. The maximum absolute atomic E-state index is 6.61. The van der Waals surface area contributed by atoms with Crippen LogP contribution in [0.2, 0.25) is 5.02 Å². The van der Waals surface area contributed by atoms with Gasteiger partial charge in [0.2, 0.25) is 5.88 Å². The van der Waals surface area contributed by atoms with Crippen molar-refractivity contribution in [1.82, 2.24) is 4.98 Å². The Morgan fingerprint density at radius 2 is 2.07 bits per heavy atom. The second-order valence-electron chi connectivity index (χ2n) is 7.34. The zero-order chi connectivity index (χ0) is 19.6. The summed E-state index contributed by atoms with van der Waals surface area (Å²) in [7, 11) is 1.59. The summed E-state index contributed by atoms with van der Waals surface area (Å²) < 4.78 is 5.08. The molecule has 0 amide bonds. The van der Waals surface area contributed by atoms with Crippen molar-refractivity contribution >= 4 is 34.8 Å². The lowest BCUT2D eigenvalue weighted by atomic mass is 9.88. The lowest BCUT2D eigenvalue weighted by molar-refractivity contribution is 0.398. The summed E-state index contributed by atoms with van der Waals surface area (Å²) in [6.45, 7) is 9.84. The van der Waals surface area contributed by atoms with Crippen LogP contribution in [0.4, 0.5) is 11.4 Å². The molecule has 1 aliphatic rings. The number of hydrogen-bond acceptors (Lipinski definition) is 4. The van der Waals surface area contributed by atoms with Crippen LogP contribution in [0.3, 0.4) is 0 Å². The van der Waals surface area contributed by atoms with Crippen LogP contribution in [0.15, 0.2) is 41.5 Å². The van der Waals surface area contributed by atoms with E-state index in [1.54, 1.807) is 25.6 Å². The number of aliphatic imine (C=N–C) groups is 1. The topological polar surface area (TPSA) is 37.7 Å². The Kier molecular flexibility index (Phi) is 5.56. The molecule has 0 aliphatic carbocycles. The van der Waals surface area contributed by atoms with Gasteiger partial charge in [0.1, 0.15) is 0 Å². The number of nitrogens with zero attached hydrogens (tertiary/aromatic N) is 3. The van der Waals surface area contributed by atoms with Crippen LogP contribution in [-0.2, 0) is 0 Å². The van der Waals surface area contributed by atoms with E-state index in [2.05, 4.69) is 60.8 Å². The number of halogens is 1. The van der Waals surface area contributed by atoms with Crippen molar-refractivity contribution in [1.29, 1.82) is 0 Å². The number of methoxy groups -OCH3 is 1. The fourth-order valence-corrected chi connectivity index (χ4v) is 3.77. The van der Waals surface area contributed by atoms with Crippen LogP contribution in [-0.4, -0.2) is 30.4 Å². The molecule has 0 unspecified atom stereocenters. The van der Waals surface area contributed by atoms with Crippen LogP contribution < -0.4 is 9.64 Å². The van der Waals surface area contributed by atoms with E-state index in [4.69, 9.17) is 16.3 Å². The molecule has 1 aromatic heterocycles. The monoisotopic (exact) mass is 383 g/mol. The van der Waals surface area contributed by atoms with Crippen LogP contribution in [0.25, 0.3) is 5.57 Å². The molecule has 0 saturated heterocycles. The minimum absolute atomic E-state index is 0.0270. The normalized spacial score (nSPS) is 15.6. The Balaban J connectivity index is 1.97. The van der Waals surface area contributed by atoms with Crippen molar-refractivity contribution in [2.24, 2.45) is 4.99 Å². The number of rotatable bonds is 5. The van der Waals surface area contributed by atoms with E-state index in [1.165, 1.54) is 16.8 Å². The molecule has 0 fully saturated rings. The third-order valence-electron chi connectivity index (χ3n) is 4.83. The summed E-state index contributed by atoms with van der Waals surface area (Å²) in [5.41, 5.74) is 5.29. The molecular weight excluding hydrogens is 358 g/mol. The van der Waals surface area contributed by atoms with Gasteiger partial charge in [-0.1, -0.05) is 24.6 Å². The molecule has 0 radical (unpaired) electrons. The van der Waals surface area contributed by atoms with E-state index in [1.807, 2.05) is 6.07 Å². The molecule has 0 N–H and O–H groups in total. The third kappa shape index (κ3) is 4.01. The largest absolute Gasteiger partial charge is 0.481 e. The molecule has 2 aromatic rings. The van der Waals surface area contributed by atoms with E-state index in [0.717, 1.165) is 24.2 Å². The molecule has 4 nitrogen and oxygen atoms in total. The van der Waals surface area contributed by atoms with E-state index in [0.29, 0.717) is 10.9 Å². The molecule has 5 heteroatoms. The lowest BCUT2D eigenvalue weighted by Gasteiger charge is -2.43. The number of allylic oxidation sites excluding steroid dienone is 1. The second-order valence-corrected chi connectivity index (χ2v) is 7.75. The fraction of sp³-hybridized carbons (Fsp3) is 0.364. The second kappa shape index (κ2) is 7.73. The molecule has 0 atom stereocenters. The molecule has 3 rings (SSSR count). The van der Waals surface area contributed by atoms with Gasteiger partial charge in [-0.25, -0.2) is 4.98 Å². The van der Waals surface area contributed by atoms with Crippen molar-refractivity contribution in [2.45, 2.75) is 39.7 Å². The average Bonchev–Trinajstić information content (AvgIpc) is 2.64. The highest BCUT2D eigenvalue weighted by Crippen LogP contribution is 2.41. The van der Waals surface area contributed by atoms with Crippen molar-refractivity contribution in [2.75, 3.05) is 18.6 Å². The Morgan fingerprint density at radius 3 is 2.70 bits per heavy atom. The molecule has 142 valence electrons. The van der Waals surface area contributed by atoms with E-state index < -0.39 is 0 Å². The first-order chi connectivity index (χ1) is 12.9. The van der Waals surface area contributed by atoms with Gasteiger partial charge in [0.05, 0.1) is 29.6 Å². The Morgan fingerprint density at radius 1 is 1.30 bits per heavy atom. The first kappa shape index (κ1) is 19.4. The summed E-state index contributed by atoms with van der Waals surface area (Å²) in [5.74, 6) is 0.570. The Labute approximate surface area is 166 Å². The SMILES string of the molecule is CCCN1c2cc(Cl)c(C=Nc3ccc(OC)nc3)cc2C(C)=CC1(C)C. The van der Waals surface area contributed by atoms with E-state index >= 15 is 0 Å². The minimum Gasteiger partial charge on any atom is -0.481 e. The maximum Gasteiger partial charge on any atom is 0.213 e. The molecule has 0 bridgehead atoms. The van der Waals surface area contributed by atoms with Crippen LogP contribution in [0, 0.1) is 0 Å². The first-order valence-corrected chi connectivity index (χ1v) is 9.58. The number of aromatic nitrogens is 1.